The number of hydrogen-bond acceptors (Lipinski definition) is 5. The van der Waals surface area contributed by atoms with E-state index in [2.05, 4.69) is 15.5 Å². The van der Waals surface area contributed by atoms with E-state index in [1.54, 1.807) is 16.7 Å². The summed E-state index contributed by atoms with van der Waals surface area (Å²) in [6, 6.07) is 10.9. The Morgan fingerprint density at radius 2 is 1.88 bits per heavy atom. The van der Waals surface area contributed by atoms with Crippen molar-refractivity contribution in [2.24, 2.45) is 0 Å². The highest BCUT2D eigenvalue weighted by Crippen LogP contribution is 2.14. The van der Waals surface area contributed by atoms with Gasteiger partial charge in [-0.2, -0.15) is 5.10 Å². The quantitative estimate of drug-likeness (QED) is 0.406. The molecule has 2 aromatic carbocycles. The van der Waals surface area contributed by atoms with Crippen LogP contribution >= 0.6 is 12.2 Å². The first-order valence-electron chi connectivity index (χ1n) is 7.40. The van der Waals surface area contributed by atoms with Crippen LogP contribution in [0.1, 0.15) is 16.2 Å². The Bertz CT molecular complexity index is 1010. The van der Waals surface area contributed by atoms with E-state index in [0.717, 1.165) is 0 Å². The van der Waals surface area contributed by atoms with Crippen molar-refractivity contribution in [1.29, 1.82) is 0 Å². The summed E-state index contributed by atoms with van der Waals surface area (Å²) in [4.78, 5) is 22.3. The molecule has 0 aliphatic rings. The molecule has 0 atom stereocenters. The van der Waals surface area contributed by atoms with Crippen LogP contribution in [0.2, 0.25) is 0 Å². The number of nitrogens with one attached hydrogen (secondary N) is 2. The smallest absolute Gasteiger partial charge is 0.269 e. The molecular formula is C16H12FN5O3S. The Hall–Kier alpha value is -3.40. The van der Waals surface area contributed by atoms with Gasteiger partial charge >= 0.3 is 0 Å². The third-order valence-corrected chi connectivity index (χ3v) is 3.85. The summed E-state index contributed by atoms with van der Waals surface area (Å²) in [6.45, 7) is 0.0559. The van der Waals surface area contributed by atoms with E-state index in [-0.39, 0.29) is 23.6 Å². The Balaban J connectivity index is 1.76. The number of halogens is 1. The van der Waals surface area contributed by atoms with E-state index in [9.17, 15) is 19.3 Å². The molecule has 0 aliphatic carbocycles. The van der Waals surface area contributed by atoms with Gasteiger partial charge in [0.25, 0.3) is 11.6 Å². The Labute approximate surface area is 151 Å². The average molecular weight is 373 g/mol. The summed E-state index contributed by atoms with van der Waals surface area (Å²) in [6.07, 6.45) is 0. The maximum Gasteiger partial charge on any atom is 0.269 e. The van der Waals surface area contributed by atoms with E-state index < -0.39 is 10.8 Å². The molecule has 132 valence electrons. The first kappa shape index (κ1) is 17.4. The summed E-state index contributed by atoms with van der Waals surface area (Å²) in [7, 11) is 0. The number of benzene rings is 2. The van der Waals surface area contributed by atoms with Gasteiger partial charge in [0.1, 0.15) is 5.82 Å². The third kappa shape index (κ3) is 3.64. The third-order valence-electron chi connectivity index (χ3n) is 3.57. The van der Waals surface area contributed by atoms with Gasteiger partial charge in [-0.3, -0.25) is 24.6 Å². The molecule has 0 spiro atoms. The predicted octanol–water partition coefficient (Wildman–Crippen LogP) is 2.91. The van der Waals surface area contributed by atoms with Gasteiger partial charge in [-0.05, 0) is 48.6 Å². The lowest BCUT2D eigenvalue weighted by Crippen LogP contribution is -2.24. The SMILES string of the molecule is O=C(NCc1n[nH]c(=S)n1-c1ccc(F)cc1)c1ccc([N+](=O)[O-])cc1. The number of H-pyrrole nitrogens is 1. The second kappa shape index (κ2) is 7.23. The van der Waals surface area contributed by atoms with Gasteiger partial charge < -0.3 is 5.32 Å². The van der Waals surface area contributed by atoms with E-state index >= 15 is 0 Å². The van der Waals surface area contributed by atoms with Gasteiger partial charge in [-0.25, -0.2) is 4.39 Å². The molecule has 0 unspecified atom stereocenters. The van der Waals surface area contributed by atoms with Crippen LogP contribution in [-0.2, 0) is 6.54 Å². The lowest BCUT2D eigenvalue weighted by Gasteiger charge is -2.08. The molecule has 0 radical (unpaired) electrons. The van der Waals surface area contributed by atoms with Crippen molar-refractivity contribution in [3.8, 4) is 5.69 Å². The summed E-state index contributed by atoms with van der Waals surface area (Å²) >= 11 is 5.17. The number of nitro groups is 1. The Kier molecular flexibility index (Phi) is 4.85. The minimum absolute atomic E-state index is 0.0559. The number of nitro benzene ring substituents is 1. The lowest BCUT2D eigenvalue weighted by atomic mass is 10.2. The van der Waals surface area contributed by atoms with Crippen LogP contribution in [0.25, 0.3) is 5.69 Å². The van der Waals surface area contributed by atoms with Gasteiger partial charge in [-0.15, -0.1) is 0 Å². The molecule has 10 heteroatoms. The highest BCUT2D eigenvalue weighted by molar-refractivity contribution is 7.71. The van der Waals surface area contributed by atoms with E-state index in [1.807, 2.05) is 0 Å². The van der Waals surface area contributed by atoms with Gasteiger partial charge in [-0.1, -0.05) is 0 Å². The molecule has 26 heavy (non-hydrogen) atoms. The molecule has 0 saturated heterocycles. The maximum absolute atomic E-state index is 13.1. The molecule has 3 rings (SSSR count). The van der Waals surface area contributed by atoms with Crippen molar-refractivity contribution in [3.63, 3.8) is 0 Å². The van der Waals surface area contributed by atoms with Crippen molar-refractivity contribution < 1.29 is 14.1 Å². The molecule has 0 saturated carbocycles. The van der Waals surface area contributed by atoms with Crippen LogP contribution in [0.3, 0.4) is 0 Å². The monoisotopic (exact) mass is 373 g/mol. The molecule has 0 bridgehead atoms. The largest absolute Gasteiger partial charge is 0.345 e. The fourth-order valence-electron chi connectivity index (χ4n) is 2.30. The number of rotatable bonds is 5. The summed E-state index contributed by atoms with van der Waals surface area (Å²) in [5.74, 6) is -0.367. The maximum atomic E-state index is 13.1. The summed E-state index contributed by atoms with van der Waals surface area (Å²) in [5, 5.41) is 20.0. The van der Waals surface area contributed by atoms with Crippen LogP contribution in [0.5, 0.6) is 0 Å². The molecule has 1 aromatic heterocycles. The van der Waals surface area contributed by atoms with Crippen LogP contribution in [-0.4, -0.2) is 25.6 Å². The van der Waals surface area contributed by atoms with Crippen molar-refractivity contribution in [2.75, 3.05) is 0 Å². The number of aromatic amines is 1. The number of amides is 1. The van der Waals surface area contributed by atoms with E-state index in [4.69, 9.17) is 12.2 Å². The summed E-state index contributed by atoms with van der Waals surface area (Å²) < 4.78 is 15.0. The topological polar surface area (TPSA) is 106 Å². The van der Waals surface area contributed by atoms with Crippen LogP contribution in [0.4, 0.5) is 10.1 Å². The molecule has 8 nitrogen and oxygen atoms in total. The minimum Gasteiger partial charge on any atom is -0.345 e. The fourth-order valence-corrected chi connectivity index (χ4v) is 2.56. The molecule has 1 heterocycles. The average Bonchev–Trinajstić information content (AvgIpc) is 3.01. The minimum atomic E-state index is -0.540. The number of carbonyl (C=O) groups excluding carboxylic acids is 1. The first-order chi connectivity index (χ1) is 12.5. The predicted molar refractivity (Wildman–Crippen MR) is 93.0 cm³/mol. The lowest BCUT2D eigenvalue weighted by molar-refractivity contribution is -0.384. The van der Waals surface area contributed by atoms with Crippen molar-refractivity contribution in [2.45, 2.75) is 6.54 Å². The molecular weight excluding hydrogens is 361 g/mol. The summed E-state index contributed by atoms with van der Waals surface area (Å²) in [5.41, 5.74) is 0.779. The zero-order valence-electron chi connectivity index (χ0n) is 13.2. The van der Waals surface area contributed by atoms with Gasteiger partial charge in [0.05, 0.1) is 11.5 Å². The molecule has 0 aliphatic heterocycles. The number of carbonyl (C=O) groups is 1. The Morgan fingerprint density at radius 3 is 2.50 bits per heavy atom. The number of non-ortho nitro benzene ring substituents is 1. The molecule has 2 N–H and O–H groups in total. The van der Waals surface area contributed by atoms with Gasteiger partial charge in [0.15, 0.2) is 10.6 Å². The van der Waals surface area contributed by atoms with Gasteiger partial charge in [0.2, 0.25) is 0 Å². The van der Waals surface area contributed by atoms with Crippen molar-refractivity contribution >= 4 is 23.8 Å². The highest BCUT2D eigenvalue weighted by Gasteiger charge is 2.12. The zero-order chi connectivity index (χ0) is 18.7. The molecule has 0 fully saturated rings. The zero-order valence-corrected chi connectivity index (χ0v) is 14.0. The standard InChI is InChI=1S/C16H12FN5O3S/c17-11-3-7-12(8-4-11)21-14(19-20-16(21)26)9-18-15(23)10-1-5-13(6-2-10)22(24)25/h1-8H,9H2,(H,18,23)(H,20,26). The molecule has 3 aromatic rings. The fraction of sp³-hybridized carbons (Fsp3) is 0.0625. The Morgan fingerprint density at radius 1 is 1.23 bits per heavy atom. The number of aromatic nitrogens is 3. The first-order valence-corrected chi connectivity index (χ1v) is 7.81. The van der Waals surface area contributed by atoms with Crippen molar-refractivity contribution in [3.05, 3.63) is 80.6 Å². The van der Waals surface area contributed by atoms with E-state index in [1.165, 1.54) is 36.4 Å². The van der Waals surface area contributed by atoms with Crippen LogP contribution in [0, 0.1) is 20.7 Å². The van der Waals surface area contributed by atoms with Crippen LogP contribution in [0.15, 0.2) is 48.5 Å². The number of hydrogen-bond donors (Lipinski definition) is 2. The van der Waals surface area contributed by atoms with Crippen molar-refractivity contribution in [1.82, 2.24) is 20.1 Å². The molecule has 1 amide bonds. The van der Waals surface area contributed by atoms with E-state index in [0.29, 0.717) is 16.3 Å². The second-order valence-electron chi connectivity index (χ2n) is 5.24. The number of nitrogens with zero attached hydrogens (tertiary/aromatic N) is 3. The van der Waals surface area contributed by atoms with Gasteiger partial charge in [0, 0.05) is 23.4 Å². The highest BCUT2D eigenvalue weighted by atomic mass is 32.1. The second-order valence-corrected chi connectivity index (χ2v) is 5.63. The normalized spacial score (nSPS) is 10.5. The van der Waals surface area contributed by atoms with Crippen LogP contribution < -0.4 is 5.32 Å².